The molecule has 0 bridgehead atoms. The Morgan fingerprint density at radius 1 is 1.13 bits per heavy atom. The van der Waals surface area contributed by atoms with Crippen molar-refractivity contribution < 1.29 is 14.0 Å². The molecule has 1 aromatic carbocycles. The van der Waals surface area contributed by atoms with E-state index < -0.39 is 6.04 Å². The monoisotopic (exact) mass is 314 g/mol. The van der Waals surface area contributed by atoms with Gasteiger partial charge < -0.3 is 15.1 Å². The van der Waals surface area contributed by atoms with Crippen LogP contribution in [-0.2, 0) is 11.3 Å². The van der Waals surface area contributed by atoms with E-state index in [1.807, 2.05) is 45.0 Å². The van der Waals surface area contributed by atoms with Gasteiger partial charge in [-0.15, -0.1) is 0 Å². The second-order valence-electron chi connectivity index (χ2n) is 5.88. The molecule has 2 amide bonds. The van der Waals surface area contributed by atoms with Crippen LogP contribution in [0.4, 0.5) is 0 Å². The molecule has 0 saturated carbocycles. The van der Waals surface area contributed by atoms with Crippen LogP contribution in [0.5, 0.6) is 0 Å². The highest BCUT2D eigenvalue weighted by Gasteiger charge is 2.25. The molecular weight excluding hydrogens is 292 g/mol. The minimum Gasteiger partial charge on any atom is -0.459 e. The lowest BCUT2D eigenvalue weighted by Gasteiger charge is -2.21. The first-order valence-electron chi connectivity index (χ1n) is 7.65. The number of rotatable bonds is 6. The third-order valence-corrected chi connectivity index (χ3v) is 3.57. The summed E-state index contributed by atoms with van der Waals surface area (Å²) in [5.41, 5.74) is 2.19. The molecule has 5 nitrogen and oxygen atoms in total. The van der Waals surface area contributed by atoms with Gasteiger partial charge in [-0.2, -0.15) is 0 Å². The van der Waals surface area contributed by atoms with Gasteiger partial charge in [-0.25, -0.2) is 0 Å². The van der Waals surface area contributed by atoms with E-state index in [4.69, 9.17) is 4.42 Å². The molecule has 2 N–H and O–H groups in total. The smallest absolute Gasteiger partial charge is 0.287 e. The van der Waals surface area contributed by atoms with Crippen molar-refractivity contribution in [1.82, 2.24) is 10.6 Å². The van der Waals surface area contributed by atoms with Crippen LogP contribution in [0, 0.1) is 12.8 Å². The van der Waals surface area contributed by atoms with Crippen LogP contribution in [0.25, 0.3) is 0 Å². The maximum Gasteiger partial charge on any atom is 0.287 e. The quantitative estimate of drug-likeness (QED) is 0.861. The zero-order valence-electron chi connectivity index (χ0n) is 13.6. The Bertz CT molecular complexity index is 645. The van der Waals surface area contributed by atoms with Gasteiger partial charge in [0.2, 0.25) is 5.91 Å². The molecule has 0 radical (unpaired) electrons. The van der Waals surface area contributed by atoms with Gasteiger partial charge in [0.15, 0.2) is 5.76 Å². The van der Waals surface area contributed by atoms with E-state index >= 15 is 0 Å². The van der Waals surface area contributed by atoms with Crippen LogP contribution >= 0.6 is 0 Å². The molecule has 5 heteroatoms. The van der Waals surface area contributed by atoms with Crippen molar-refractivity contribution in [2.24, 2.45) is 5.92 Å². The minimum atomic E-state index is -0.613. The van der Waals surface area contributed by atoms with Crippen molar-refractivity contribution in [2.45, 2.75) is 33.4 Å². The Kier molecular flexibility index (Phi) is 5.57. The summed E-state index contributed by atoms with van der Waals surface area (Å²) in [4.78, 5) is 24.4. The first-order chi connectivity index (χ1) is 11.0. The number of carbonyl (C=O) groups excluding carboxylic acids is 2. The zero-order valence-corrected chi connectivity index (χ0v) is 13.6. The molecule has 122 valence electrons. The van der Waals surface area contributed by atoms with E-state index in [-0.39, 0.29) is 23.5 Å². The molecule has 0 fully saturated rings. The first kappa shape index (κ1) is 16.8. The highest BCUT2D eigenvalue weighted by atomic mass is 16.3. The SMILES string of the molecule is Cc1ccc(CNC(=O)[C@H](NC(=O)c2ccco2)C(C)C)cc1. The molecule has 0 aliphatic carbocycles. The fourth-order valence-corrected chi connectivity index (χ4v) is 2.16. The molecule has 1 aromatic heterocycles. The average molecular weight is 314 g/mol. The number of carbonyl (C=O) groups is 2. The standard InChI is InChI=1S/C18H22N2O3/c1-12(2)16(20-17(21)15-5-4-10-23-15)18(22)19-11-14-8-6-13(3)7-9-14/h4-10,12,16H,11H2,1-3H3,(H,19,22)(H,20,21)/t16-/m1/s1. The minimum absolute atomic E-state index is 0.0352. The fourth-order valence-electron chi connectivity index (χ4n) is 2.16. The summed E-state index contributed by atoms with van der Waals surface area (Å²) in [7, 11) is 0. The van der Waals surface area contributed by atoms with E-state index in [9.17, 15) is 9.59 Å². The topological polar surface area (TPSA) is 71.3 Å². The molecule has 0 spiro atoms. The Hall–Kier alpha value is -2.56. The Balaban J connectivity index is 1.95. The van der Waals surface area contributed by atoms with Crippen LogP contribution in [0.1, 0.15) is 35.5 Å². The van der Waals surface area contributed by atoms with E-state index in [1.54, 1.807) is 12.1 Å². The summed E-state index contributed by atoms with van der Waals surface area (Å²) in [5, 5.41) is 5.59. The van der Waals surface area contributed by atoms with E-state index in [2.05, 4.69) is 10.6 Å². The number of hydrogen-bond donors (Lipinski definition) is 2. The number of aryl methyl sites for hydroxylation is 1. The Morgan fingerprint density at radius 2 is 1.83 bits per heavy atom. The third-order valence-electron chi connectivity index (χ3n) is 3.57. The lowest BCUT2D eigenvalue weighted by Crippen LogP contribution is -2.49. The number of benzene rings is 1. The van der Waals surface area contributed by atoms with Gasteiger partial charge in [0, 0.05) is 6.54 Å². The van der Waals surface area contributed by atoms with Crippen molar-refractivity contribution in [3.63, 3.8) is 0 Å². The maximum atomic E-state index is 12.4. The van der Waals surface area contributed by atoms with Gasteiger partial charge >= 0.3 is 0 Å². The molecule has 23 heavy (non-hydrogen) atoms. The molecule has 0 unspecified atom stereocenters. The van der Waals surface area contributed by atoms with Crippen molar-refractivity contribution in [1.29, 1.82) is 0 Å². The summed E-state index contributed by atoms with van der Waals surface area (Å²) < 4.78 is 5.05. The first-order valence-corrected chi connectivity index (χ1v) is 7.65. The van der Waals surface area contributed by atoms with E-state index in [1.165, 1.54) is 11.8 Å². The van der Waals surface area contributed by atoms with Crippen molar-refractivity contribution in [3.8, 4) is 0 Å². The van der Waals surface area contributed by atoms with Gasteiger partial charge in [-0.05, 0) is 30.5 Å². The van der Waals surface area contributed by atoms with Gasteiger partial charge in [0.05, 0.1) is 6.26 Å². The van der Waals surface area contributed by atoms with Crippen LogP contribution in [0.2, 0.25) is 0 Å². The van der Waals surface area contributed by atoms with Crippen molar-refractivity contribution in [3.05, 3.63) is 59.5 Å². The second kappa shape index (κ2) is 7.63. The number of nitrogens with one attached hydrogen (secondary N) is 2. The van der Waals surface area contributed by atoms with E-state index in [0.717, 1.165) is 5.56 Å². The molecule has 0 saturated heterocycles. The summed E-state index contributed by atoms with van der Waals surface area (Å²) in [5.74, 6) is -0.436. The third kappa shape index (κ3) is 4.71. The predicted molar refractivity (Wildman–Crippen MR) is 87.8 cm³/mol. The number of amides is 2. The molecule has 2 aromatic rings. The van der Waals surface area contributed by atoms with Gasteiger partial charge in [0.1, 0.15) is 6.04 Å². The van der Waals surface area contributed by atoms with Gasteiger partial charge in [-0.3, -0.25) is 9.59 Å². The number of furan rings is 1. The Morgan fingerprint density at radius 3 is 2.39 bits per heavy atom. The number of hydrogen-bond acceptors (Lipinski definition) is 3. The van der Waals surface area contributed by atoms with Crippen LogP contribution in [0.15, 0.2) is 47.1 Å². The second-order valence-corrected chi connectivity index (χ2v) is 5.88. The largest absolute Gasteiger partial charge is 0.459 e. The molecule has 1 heterocycles. The highest BCUT2D eigenvalue weighted by molar-refractivity contribution is 5.95. The van der Waals surface area contributed by atoms with Crippen molar-refractivity contribution >= 4 is 11.8 Å². The molecule has 0 aliphatic heterocycles. The maximum absolute atomic E-state index is 12.4. The van der Waals surface area contributed by atoms with Crippen LogP contribution in [-0.4, -0.2) is 17.9 Å². The fraction of sp³-hybridized carbons (Fsp3) is 0.333. The van der Waals surface area contributed by atoms with Crippen LogP contribution in [0.3, 0.4) is 0 Å². The average Bonchev–Trinajstić information content (AvgIpc) is 3.05. The lowest BCUT2D eigenvalue weighted by atomic mass is 10.0. The normalized spacial score (nSPS) is 12.0. The summed E-state index contributed by atoms with van der Waals surface area (Å²) in [6, 6.07) is 10.5. The summed E-state index contributed by atoms with van der Waals surface area (Å²) in [6.07, 6.45) is 1.43. The molecule has 1 atom stereocenters. The summed E-state index contributed by atoms with van der Waals surface area (Å²) in [6.45, 7) is 6.22. The lowest BCUT2D eigenvalue weighted by molar-refractivity contribution is -0.124. The summed E-state index contributed by atoms with van der Waals surface area (Å²) >= 11 is 0. The molecule has 0 aliphatic rings. The predicted octanol–water partition coefficient (Wildman–Crippen LogP) is 2.66. The van der Waals surface area contributed by atoms with E-state index in [0.29, 0.717) is 6.54 Å². The van der Waals surface area contributed by atoms with Gasteiger partial charge in [-0.1, -0.05) is 43.7 Å². The zero-order chi connectivity index (χ0) is 16.8. The van der Waals surface area contributed by atoms with Gasteiger partial charge in [0.25, 0.3) is 5.91 Å². The molecular formula is C18H22N2O3. The Labute approximate surface area is 136 Å². The molecule has 2 rings (SSSR count). The highest BCUT2D eigenvalue weighted by Crippen LogP contribution is 2.07. The van der Waals surface area contributed by atoms with Crippen LogP contribution < -0.4 is 10.6 Å². The van der Waals surface area contributed by atoms with Crippen molar-refractivity contribution in [2.75, 3.05) is 0 Å².